The highest BCUT2D eigenvalue weighted by Crippen LogP contribution is 2.33. The van der Waals surface area contributed by atoms with Crippen molar-refractivity contribution in [2.75, 3.05) is 0 Å². The molecule has 0 aliphatic rings. The molecule has 0 amide bonds. The number of halogens is 1. The van der Waals surface area contributed by atoms with Crippen molar-refractivity contribution in [3.63, 3.8) is 0 Å². The van der Waals surface area contributed by atoms with E-state index in [1.54, 1.807) is 24.3 Å². The van der Waals surface area contributed by atoms with Crippen LogP contribution in [0.1, 0.15) is 11.1 Å². The molecule has 2 aromatic carbocycles. The molecule has 0 saturated heterocycles. The second-order valence-corrected chi connectivity index (χ2v) is 4.57. The molecule has 2 nitrogen and oxygen atoms in total. The molecule has 0 saturated carbocycles. The van der Waals surface area contributed by atoms with E-state index in [9.17, 15) is 10.2 Å². The molecule has 0 aliphatic carbocycles. The molecule has 2 aromatic rings. The van der Waals surface area contributed by atoms with Crippen LogP contribution in [0.2, 0.25) is 5.02 Å². The van der Waals surface area contributed by atoms with Gasteiger partial charge in [-0.25, -0.2) is 0 Å². The third-order valence-corrected chi connectivity index (χ3v) is 3.52. The van der Waals surface area contributed by atoms with E-state index in [2.05, 4.69) is 12.6 Å². The first-order chi connectivity index (χ1) is 8.08. The number of thiol groups is 1. The summed E-state index contributed by atoms with van der Waals surface area (Å²) in [6.07, 6.45) is 0.632. The molecular formula is C13H11ClO2S. The molecule has 2 rings (SSSR count). The van der Waals surface area contributed by atoms with Gasteiger partial charge in [0, 0.05) is 0 Å². The molecule has 0 spiro atoms. The zero-order valence-electron chi connectivity index (χ0n) is 8.89. The molecule has 0 atom stereocenters. The van der Waals surface area contributed by atoms with Crippen molar-refractivity contribution in [1.82, 2.24) is 0 Å². The van der Waals surface area contributed by atoms with Crippen LogP contribution in [-0.4, -0.2) is 10.2 Å². The molecule has 2 N–H and O–H groups in total. The summed E-state index contributed by atoms with van der Waals surface area (Å²) in [7, 11) is 0. The quantitative estimate of drug-likeness (QED) is 0.727. The zero-order valence-corrected chi connectivity index (χ0v) is 10.5. The number of phenolic OH excluding ortho intramolecular Hbond substituents is 2. The van der Waals surface area contributed by atoms with Gasteiger partial charge in [-0.3, -0.25) is 0 Å². The minimum atomic E-state index is 0.0767. The van der Waals surface area contributed by atoms with E-state index in [1.165, 1.54) is 0 Å². The van der Waals surface area contributed by atoms with Crippen molar-refractivity contribution in [3.05, 3.63) is 52.5 Å². The van der Waals surface area contributed by atoms with Gasteiger partial charge in [0.2, 0.25) is 0 Å². The van der Waals surface area contributed by atoms with Gasteiger partial charge in [0.1, 0.15) is 11.5 Å². The lowest BCUT2D eigenvalue weighted by Crippen LogP contribution is -1.90. The highest BCUT2D eigenvalue weighted by Gasteiger charge is 2.08. The number of rotatable bonds is 2. The first-order valence-electron chi connectivity index (χ1n) is 5.05. The number of hydrogen-bond acceptors (Lipinski definition) is 3. The van der Waals surface area contributed by atoms with Crippen LogP contribution in [0.4, 0.5) is 0 Å². The summed E-state index contributed by atoms with van der Waals surface area (Å²) in [5.41, 5.74) is 1.92. The third kappa shape index (κ3) is 2.68. The van der Waals surface area contributed by atoms with Crippen LogP contribution in [0, 0.1) is 0 Å². The smallest absolute Gasteiger partial charge is 0.130 e. The average Bonchev–Trinajstić information content (AvgIpc) is 2.33. The monoisotopic (exact) mass is 266 g/mol. The van der Waals surface area contributed by atoms with Gasteiger partial charge in [-0.05, 0) is 35.7 Å². The van der Waals surface area contributed by atoms with Crippen molar-refractivity contribution < 1.29 is 10.2 Å². The van der Waals surface area contributed by atoms with E-state index in [1.807, 2.05) is 12.1 Å². The first-order valence-corrected chi connectivity index (χ1v) is 5.87. The fourth-order valence-corrected chi connectivity index (χ4v) is 2.01. The first kappa shape index (κ1) is 12.1. The average molecular weight is 267 g/mol. The van der Waals surface area contributed by atoms with Crippen molar-refractivity contribution >= 4 is 24.2 Å². The summed E-state index contributed by atoms with van der Waals surface area (Å²) in [4.78, 5) is 0.392. The topological polar surface area (TPSA) is 40.5 Å². The normalized spacial score (nSPS) is 10.5. The molecule has 88 valence electrons. The lowest BCUT2D eigenvalue weighted by Gasteiger charge is -2.08. The number of aromatic hydroxyl groups is 2. The zero-order chi connectivity index (χ0) is 12.4. The molecule has 0 bridgehead atoms. The minimum absolute atomic E-state index is 0.0767. The molecule has 0 aliphatic heterocycles. The van der Waals surface area contributed by atoms with Crippen LogP contribution in [0.5, 0.6) is 11.5 Å². The predicted octanol–water partition coefficient (Wildman–Crippen LogP) is 3.63. The summed E-state index contributed by atoms with van der Waals surface area (Å²) in [6.45, 7) is 0. The molecule has 17 heavy (non-hydrogen) atoms. The van der Waals surface area contributed by atoms with E-state index >= 15 is 0 Å². The van der Waals surface area contributed by atoms with Crippen LogP contribution in [0.3, 0.4) is 0 Å². The Morgan fingerprint density at radius 3 is 2.29 bits per heavy atom. The molecule has 0 radical (unpaired) electrons. The predicted molar refractivity (Wildman–Crippen MR) is 71.3 cm³/mol. The second-order valence-electron chi connectivity index (χ2n) is 3.75. The summed E-state index contributed by atoms with van der Waals surface area (Å²) >= 11 is 10.2. The van der Waals surface area contributed by atoms with Crippen molar-refractivity contribution in [1.29, 1.82) is 0 Å². The van der Waals surface area contributed by atoms with Gasteiger partial charge in [0.25, 0.3) is 0 Å². The Morgan fingerprint density at radius 2 is 1.65 bits per heavy atom. The van der Waals surface area contributed by atoms with Crippen molar-refractivity contribution in [3.8, 4) is 11.5 Å². The number of phenols is 2. The summed E-state index contributed by atoms with van der Waals surface area (Å²) < 4.78 is 0. The Morgan fingerprint density at radius 1 is 1.00 bits per heavy atom. The van der Waals surface area contributed by atoms with Gasteiger partial charge in [-0.1, -0.05) is 29.8 Å². The van der Waals surface area contributed by atoms with Crippen molar-refractivity contribution in [2.24, 2.45) is 0 Å². The number of hydrogen-bond donors (Lipinski definition) is 3. The third-order valence-electron chi connectivity index (χ3n) is 2.51. The SMILES string of the molecule is Oc1ccc(Cc2ccc(O)c(S)c2Cl)cc1. The van der Waals surface area contributed by atoms with Crippen LogP contribution < -0.4 is 0 Å². The maximum atomic E-state index is 9.43. The van der Waals surface area contributed by atoms with Crippen molar-refractivity contribution in [2.45, 2.75) is 11.3 Å². The molecule has 0 aromatic heterocycles. The van der Waals surface area contributed by atoms with Crippen LogP contribution in [0.25, 0.3) is 0 Å². The number of benzene rings is 2. The fraction of sp³-hybridized carbons (Fsp3) is 0.0769. The Labute approximate surface area is 110 Å². The highest BCUT2D eigenvalue weighted by atomic mass is 35.5. The molecule has 0 heterocycles. The lowest BCUT2D eigenvalue weighted by molar-refractivity contribution is 0.462. The van der Waals surface area contributed by atoms with E-state index in [-0.39, 0.29) is 11.5 Å². The van der Waals surface area contributed by atoms with E-state index in [4.69, 9.17) is 11.6 Å². The van der Waals surface area contributed by atoms with Gasteiger partial charge in [-0.2, -0.15) is 0 Å². The van der Waals surface area contributed by atoms with Crippen LogP contribution in [-0.2, 0) is 6.42 Å². The highest BCUT2D eigenvalue weighted by molar-refractivity contribution is 7.80. The maximum absolute atomic E-state index is 9.43. The Bertz CT molecular complexity index is 538. The lowest BCUT2D eigenvalue weighted by atomic mass is 10.0. The van der Waals surface area contributed by atoms with Gasteiger partial charge in [0.05, 0.1) is 9.92 Å². The molecule has 0 fully saturated rings. The second kappa shape index (κ2) is 4.90. The van der Waals surface area contributed by atoms with E-state index < -0.39 is 0 Å². The standard InChI is InChI=1S/C13H11ClO2S/c14-12-9(3-6-11(16)13(12)17)7-8-1-4-10(15)5-2-8/h1-6,15-17H,7H2. The Hall–Kier alpha value is -1.32. The Kier molecular flexibility index (Phi) is 3.50. The summed E-state index contributed by atoms with van der Waals surface area (Å²) in [6, 6.07) is 10.3. The maximum Gasteiger partial charge on any atom is 0.130 e. The Balaban J connectivity index is 2.30. The van der Waals surface area contributed by atoms with E-state index in [0.29, 0.717) is 16.3 Å². The van der Waals surface area contributed by atoms with Gasteiger partial charge in [-0.15, -0.1) is 12.6 Å². The van der Waals surface area contributed by atoms with E-state index in [0.717, 1.165) is 11.1 Å². The fourth-order valence-electron chi connectivity index (χ4n) is 1.57. The van der Waals surface area contributed by atoms with Crippen LogP contribution >= 0.6 is 24.2 Å². The molecule has 0 unspecified atom stereocenters. The summed E-state index contributed by atoms with van der Waals surface area (Å²) in [5.74, 6) is 0.313. The minimum Gasteiger partial charge on any atom is -0.508 e. The van der Waals surface area contributed by atoms with Gasteiger partial charge in [0.15, 0.2) is 0 Å². The largest absolute Gasteiger partial charge is 0.508 e. The summed E-state index contributed by atoms with van der Waals surface area (Å²) in [5, 5.41) is 19.1. The molecule has 4 heteroatoms. The van der Waals surface area contributed by atoms with Crippen LogP contribution in [0.15, 0.2) is 41.3 Å². The molecular weight excluding hydrogens is 256 g/mol. The van der Waals surface area contributed by atoms with Gasteiger partial charge >= 0.3 is 0 Å². The van der Waals surface area contributed by atoms with Gasteiger partial charge < -0.3 is 10.2 Å².